The number of hydrogen-bond donors (Lipinski definition) is 2. The summed E-state index contributed by atoms with van der Waals surface area (Å²) in [7, 11) is -2.62. The molecular formula is C15H15FN2O5S. The van der Waals surface area contributed by atoms with E-state index < -0.39 is 26.6 Å². The van der Waals surface area contributed by atoms with E-state index in [9.17, 15) is 17.6 Å². The molecule has 0 radical (unpaired) electrons. The van der Waals surface area contributed by atoms with Crippen LogP contribution in [0.1, 0.15) is 0 Å². The van der Waals surface area contributed by atoms with Crippen molar-refractivity contribution in [3.8, 4) is 11.5 Å². The van der Waals surface area contributed by atoms with Crippen molar-refractivity contribution < 1.29 is 27.1 Å². The quantitative estimate of drug-likeness (QED) is 0.817. The van der Waals surface area contributed by atoms with Crippen LogP contribution in [0.3, 0.4) is 0 Å². The van der Waals surface area contributed by atoms with Crippen LogP contribution in [0.15, 0.2) is 47.4 Å². The van der Waals surface area contributed by atoms with Gasteiger partial charge >= 0.3 is 0 Å². The summed E-state index contributed by atoms with van der Waals surface area (Å²) in [6.45, 7) is -0.373. The van der Waals surface area contributed by atoms with Gasteiger partial charge < -0.3 is 14.8 Å². The highest BCUT2D eigenvalue weighted by Crippen LogP contribution is 2.25. The molecule has 0 bridgehead atoms. The normalized spacial score (nSPS) is 11.0. The van der Waals surface area contributed by atoms with Crippen LogP contribution in [0.4, 0.5) is 10.1 Å². The summed E-state index contributed by atoms with van der Waals surface area (Å²) in [6, 6.07) is 9.52. The number of ether oxygens (including phenoxy) is 2. The molecule has 0 aromatic heterocycles. The summed E-state index contributed by atoms with van der Waals surface area (Å²) in [5, 5.41) is 7.28. The molecule has 0 saturated heterocycles. The highest BCUT2D eigenvalue weighted by atomic mass is 32.2. The number of carbonyl (C=O) groups excluding carboxylic acids is 1. The molecule has 0 atom stereocenters. The Morgan fingerprint density at radius 2 is 1.88 bits per heavy atom. The highest BCUT2D eigenvalue weighted by Gasteiger charge is 2.13. The maximum atomic E-state index is 13.4. The molecule has 1 amide bonds. The minimum Gasteiger partial charge on any atom is -0.493 e. The molecule has 0 fully saturated rings. The number of nitrogens with one attached hydrogen (secondary N) is 1. The number of benzene rings is 2. The molecule has 7 nitrogen and oxygen atoms in total. The maximum Gasteiger partial charge on any atom is 0.262 e. The average molecular weight is 354 g/mol. The first kappa shape index (κ1) is 17.7. The standard InChI is InChI=1S/C15H15FN2O5S/c1-22-13-4-2-3-5-14(13)23-9-15(19)18-11-6-10(16)7-12(8-11)24(17,20)21/h2-8H,9H2,1H3,(H,18,19)(H2,17,20,21). The summed E-state index contributed by atoms with van der Waals surface area (Å²) in [4.78, 5) is 11.4. The zero-order valence-corrected chi connectivity index (χ0v) is 13.5. The van der Waals surface area contributed by atoms with E-state index in [4.69, 9.17) is 14.6 Å². The Hall–Kier alpha value is -2.65. The SMILES string of the molecule is COc1ccccc1OCC(=O)Nc1cc(F)cc(S(N)(=O)=O)c1. The van der Waals surface area contributed by atoms with E-state index >= 15 is 0 Å². The van der Waals surface area contributed by atoms with E-state index in [1.54, 1.807) is 24.3 Å². The van der Waals surface area contributed by atoms with Gasteiger partial charge in [0, 0.05) is 5.69 Å². The zero-order valence-electron chi connectivity index (χ0n) is 12.7. The number of carbonyl (C=O) groups is 1. The van der Waals surface area contributed by atoms with Gasteiger partial charge in [0.1, 0.15) is 5.82 Å². The minimum absolute atomic E-state index is 0.0485. The lowest BCUT2D eigenvalue weighted by atomic mass is 10.3. The number of halogens is 1. The van der Waals surface area contributed by atoms with Gasteiger partial charge in [-0.2, -0.15) is 0 Å². The van der Waals surface area contributed by atoms with Gasteiger partial charge in [0.25, 0.3) is 5.91 Å². The molecule has 24 heavy (non-hydrogen) atoms. The molecule has 2 rings (SSSR count). The number of para-hydroxylation sites is 2. The molecule has 0 saturated carbocycles. The predicted molar refractivity (Wildman–Crippen MR) is 84.9 cm³/mol. The minimum atomic E-state index is -4.09. The third-order valence-electron chi connectivity index (χ3n) is 2.91. The molecule has 0 heterocycles. The van der Waals surface area contributed by atoms with Crippen molar-refractivity contribution in [2.45, 2.75) is 4.90 Å². The van der Waals surface area contributed by atoms with Crippen molar-refractivity contribution in [1.29, 1.82) is 0 Å². The van der Waals surface area contributed by atoms with Crippen molar-refractivity contribution in [3.63, 3.8) is 0 Å². The van der Waals surface area contributed by atoms with E-state index in [-0.39, 0.29) is 12.3 Å². The lowest BCUT2D eigenvalue weighted by Gasteiger charge is -2.11. The fourth-order valence-electron chi connectivity index (χ4n) is 1.88. The third-order valence-corrected chi connectivity index (χ3v) is 3.80. The number of methoxy groups -OCH3 is 1. The number of amides is 1. The number of primary sulfonamides is 1. The zero-order chi connectivity index (χ0) is 17.7. The molecule has 3 N–H and O–H groups in total. The Bertz CT molecular complexity index is 855. The lowest BCUT2D eigenvalue weighted by molar-refractivity contribution is -0.118. The predicted octanol–water partition coefficient (Wildman–Crippen LogP) is 1.50. The fourth-order valence-corrected chi connectivity index (χ4v) is 2.45. The molecular weight excluding hydrogens is 339 g/mol. The molecule has 0 spiro atoms. The van der Waals surface area contributed by atoms with Crippen LogP contribution < -0.4 is 19.9 Å². The van der Waals surface area contributed by atoms with E-state index in [1.807, 2.05) is 0 Å². The number of rotatable bonds is 6. The highest BCUT2D eigenvalue weighted by molar-refractivity contribution is 7.89. The molecule has 9 heteroatoms. The van der Waals surface area contributed by atoms with Gasteiger partial charge in [0.15, 0.2) is 18.1 Å². The van der Waals surface area contributed by atoms with Crippen LogP contribution in [0.2, 0.25) is 0 Å². The summed E-state index contributed by atoms with van der Waals surface area (Å²) < 4.78 is 46.4. The van der Waals surface area contributed by atoms with Crippen molar-refractivity contribution in [3.05, 3.63) is 48.3 Å². The molecule has 2 aromatic carbocycles. The first-order chi connectivity index (χ1) is 11.3. The molecule has 0 aliphatic rings. The van der Waals surface area contributed by atoms with Gasteiger partial charge in [-0.05, 0) is 30.3 Å². The van der Waals surface area contributed by atoms with Crippen LogP contribution in [0.25, 0.3) is 0 Å². The molecule has 0 aliphatic heterocycles. The van der Waals surface area contributed by atoms with Crippen LogP contribution in [-0.4, -0.2) is 28.0 Å². The van der Waals surface area contributed by atoms with Gasteiger partial charge in [-0.15, -0.1) is 0 Å². The summed E-state index contributed by atoms with van der Waals surface area (Å²) in [5.74, 6) is -0.637. The first-order valence-electron chi connectivity index (χ1n) is 6.68. The van der Waals surface area contributed by atoms with Crippen LogP contribution >= 0.6 is 0 Å². The summed E-state index contributed by atoms with van der Waals surface area (Å²) >= 11 is 0. The van der Waals surface area contributed by atoms with Gasteiger partial charge in [0.2, 0.25) is 10.0 Å². The lowest BCUT2D eigenvalue weighted by Crippen LogP contribution is -2.21. The van der Waals surface area contributed by atoms with Crippen molar-refractivity contribution in [2.75, 3.05) is 19.0 Å². The van der Waals surface area contributed by atoms with Crippen LogP contribution in [-0.2, 0) is 14.8 Å². The maximum absolute atomic E-state index is 13.4. The third kappa shape index (κ3) is 4.67. The van der Waals surface area contributed by atoms with Gasteiger partial charge in [-0.25, -0.2) is 17.9 Å². The topological polar surface area (TPSA) is 108 Å². The molecule has 0 unspecified atom stereocenters. The van der Waals surface area contributed by atoms with Crippen molar-refractivity contribution in [2.24, 2.45) is 5.14 Å². The van der Waals surface area contributed by atoms with Crippen molar-refractivity contribution >= 4 is 21.6 Å². The Kier molecular flexibility index (Phi) is 5.37. The Labute approximate surface area is 138 Å². The van der Waals surface area contributed by atoms with Crippen molar-refractivity contribution in [1.82, 2.24) is 0 Å². The van der Waals surface area contributed by atoms with Gasteiger partial charge in [-0.3, -0.25) is 4.79 Å². The van der Waals surface area contributed by atoms with Gasteiger partial charge in [-0.1, -0.05) is 12.1 Å². The number of hydrogen-bond acceptors (Lipinski definition) is 5. The van der Waals surface area contributed by atoms with Crippen LogP contribution in [0.5, 0.6) is 11.5 Å². The molecule has 0 aliphatic carbocycles. The summed E-state index contributed by atoms with van der Waals surface area (Å²) in [5.41, 5.74) is -0.0485. The molecule has 128 valence electrons. The van der Waals surface area contributed by atoms with E-state index in [2.05, 4.69) is 5.32 Å². The fraction of sp³-hybridized carbons (Fsp3) is 0.133. The number of sulfonamides is 1. The average Bonchev–Trinajstić information content (AvgIpc) is 2.51. The second kappa shape index (κ2) is 7.28. The van der Waals surface area contributed by atoms with Gasteiger partial charge in [0.05, 0.1) is 12.0 Å². The second-order valence-corrected chi connectivity index (χ2v) is 6.27. The first-order valence-corrected chi connectivity index (χ1v) is 8.23. The second-order valence-electron chi connectivity index (χ2n) is 4.71. The number of nitrogens with two attached hydrogens (primary N) is 1. The Morgan fingerprint density at radius 1 is 1.21 bits per heavy atom. The van der Waals surface area contributed by atoms with E-state index in [0.717, 1.165) is 18.2 Å². The molecule has 2 aromatic rings. The van der Waals surface area contributed by atoms with Crippen LogP contribution in [0, 0.1) is 5.82 Å². The monoisotopic (exact) mass is 354 g/mol. The summed E-state index contributed by atoms with van der Waals surface area (Å²) in [6.07, 6.45) is 0. The largest absolute Gasteiger partial charge is 0.493 e. The smallest absolute Gasteiger partial charge is 0.262 e. The Morgan fingerprint density at radius 3 is 2.50 bits per heavy atom. The van der Waals surface area contributed by atoms with E-state index in [0.29, 0.717) is 11.5 Å². The Balaban J connectivity index is 2.06. The number of anilines is 1. The van der Waals surface area contributed by atoms with E-state index in [1.165, 1.54) is 7.11 Å².